The Morgan fingerprint density at radius 2 is 2.07 bits per heavy atom. The number of benzene rings is 1. The van der Waals surface area contributed by atoms with Gasteiger partial charge in [-0.3, -0.25) is 0 Å². The van der Waals surface area contributed by atoms with Crippen molar-refractivity contribution in [3.05, 3.63) is 30.5 Å². The van der Waals surface area contributed by atoms with Crippen molar-refractivity contribution in [2.75, 3.05) is 17.8 Å². The number of aryl methyl sites for hydroxylation is 1. The Kier molecular flexibility index (Phi) is 2.42. The average Bonchev–Trinajstić information content (AvgIpc) is 2.56. The van der Waals surface area contributed by atoms with Crippen molar-refractivity contribution in [2.45, 2.75) is 0 Å². The topological polar surface area (TPSA) is 8.17 Å². The monoisotopic (exact) mass is 206 g/mol. The third kappa shape index (κ3) is 1.38. The van der Waals surface area contributed by atoms with Crippen LogP contribution in [0.5, 0.6) is 0 Å². The van der Waals surface area contributed by atoms with Crippen LogP contribution in [-0.2, 0) is 7.05 Å². The maximum atomic E-state index is 4.28. The van der Waals surface area contributed by atoms with Gasteiger partial charge >= 0.3 is 0 Å². The van der Waals surface area contributed by atoms with E-state index in [1.54, 1.807) is 0 Å². The van der Waals surface area contributed by atoms with E-state index in [0.717, 1.165) is 5.88 Å². The Hall–Kier alpha value is -1.09. The highest BCUT2D eigenvalue weighted by molar-refractivity contribution is 7.80. The first-order valence-electron chi connectivity index (χ1n) is 4.60. The van der Waals surface area contributed by atoms with E-state index in [1.165, 1.54) is 16.6 Å². The van der Waals surface area contributed by atoms with Crippen LogP contribution in [0.3, 0.4) is 0 Å². The van der Waals surface area contributed by atoms with Crippen LogP contribution in [0.1, 0.15) is 0 Å². The molecule has 0 atom stereocenters. The van der Waals surface area contributed by atoms with Crippen molar-refractivity contribution in [1.82, 2.24) is 4.57 Å². The predicted octanol–water partition coefficient (Wildman–Crippen LogP) is 2.50. The Morgan fingerprint density at radius 3 is 2.79 bits per heavy atom. The Labute approximate surface area is 89.5 Å². The first-order chi connectivity index (χ1) is 6.74. The van der Waals surface area contributed by atoms with E-state index in [0.29, 0.717) is 0 Å². The molecule has 0 aliphatic carbocycles. The minimum Gasteiger partial charge on any atom is -0.364 e. The summed E-state index contributed by atoms with van der Waals surface area (Å²) in [6.45, 7) is 0. The molecule has 0 fully saturated rings. The van der Waals surface area contributed by atoms with Crippen LogP contribution in [0.25, 0.3) is 10.9 Å². The maximum Gasteiger partial charge on any atom is 0.0630 e. The second-order valence-corrected chi connectivity index (χ2v) is 3.76. The van der Waals surface area contributed by atoms with Gasteiger partial charge in [0.1, 0.15) is 0 Å². The van der Waals surface area contributed by atoms with Gasteiger partial charge in [-0.25, -0.2) is 0 Å². The van der Waals surface area contributed by atoms with E-state index in [1.807, 2.05) is 0 Å². The zero-order chi connectivity index (χ0) is 10.1. The number of hydrogen-bond acceptors (Lipinski definition) is 2. The highest BCUT2D eigenvalue weighted by Gasteiger charge is 2.07. The van der Waals surface area contributed by atoms with Crippen LogP contribution in [-0.4, -0.2) is 17.5 Å². The highest BCUT2D eigenvalue weighted by Crippen LogP contribution is 2.27. The quantitative estimate of drug-likeness (QED) is 0.586. The molecule has 0 N–H and O–H groups in total. The fourth-order valence-corrected chi connectivity index (χ4v) is 1.85. The van der Waals surface area contributed by atoms with E-state index in [9.17, 15) is 0 Å². The van der Waals surface area contributed by atoms with Gasteiger partial charge in [-0.1, -0.05) is 18.2 Å². The zero-order valence-electron chi connectivity index (χ0n) is 8.44. The number of para-hydroxylation sites is 1. The fraction of sp³-hybridized carbons (Fsp3) is 0.273. The van der Waals surface area contributed by atoms with Gasteiger partial charge in [0, 0.05) is 31.2 Å². The molecule has 2 aromatic rings. The van der Waals surface area contributed by atoms with Crippen LogP contribution >= 0.6 is 12.6 Å². The summed E-state index contributed by atoms with van der Waals surface area (Å²) >= 11 is 4.28. The summed E-state index contributed by atoms with van der Waals surface area (Å²) in [5.41, 5.74) is 2.49. The van der Waals surface area contributed by atoms with Crippen molar-refractivity contribution in [1.29, 1.82) is 0 Å². The molecule has 0 aliphatic rings. The number of rotatable bonds is 2. The lowest BCUT2D eigenvalue weighted by Gasteiger charge is -2.14. The molecule has 0 saturated heterocycles. The summed E-state index contributed by atoms with van der Waals surface area (Å²) in [6, 6.07) is 8.40. The molecule has 0 spiro atoms. The lowest BCUT2D eigenvalue weighted by molar-refractivity contribution is 0.960. The molecule has 0 amide bonds. The largest absolute Gasteiger partial charge is 0.364 e. The first kappa shape index (κ1) is 9.46. The normalized spacial score (nSPS) is 10.8. The van der Waals surface area contributed by atoms with Gasteiger partial charge in [-0.15, -0.1) is 0 Å². The summed E-state index contributed by atoms with van der Waals surface area (Å²) in [7, 11) is 4.12. The molecule has 0 bridgehead atoms. The van der Waals surface area contributed by atoms with E-state index in [2.05, 4.69) is 66.7 Å². The van der Waals surface area contributed by atoms with Gasteiger partial charge in [-0.2, -0.15) is 12.6 Å². The van der Waals surface area contributed by atoms with Crippen LogP contribution in [0.15, 0.2) is 30.5 Å². The predicted molar refractivity (Wildman–Crippen MR) is 65.2 cm³/mol. The van der Waals surface area contributed by atoms with Gasteiger partial charge in [0.2, 0.25) is 0 Å². The molecular formula is C11H14N2S. The summed E-state index contributed by atoms with van der Waals surface area (Å²) < 4.78 is 2.14. The van der Waals surface area contributed by atoms with Crippen molar-refractivity contribution >= 4 is 29.2 Å². The Morgan fingerprint density at radius 1 is 1.36 bits per heavy atom. The second-order valence-electron chi connectivity index (χ2n) is 3.48. The Bertz CT molecular complexity index is 447. The number of aromatic nitrogens is 1. The first-order valence-corrected chi connectivity index (χ1v) is 5.23. The summed E-state index contributed by atoms with van der Waals surface area (Å²) in [4.78, 5) is 2.13. The van der Waals surface area contributed by atoms with Crippen LogP contribution in [0.2, 0.25) is 0 Å². The summed E-state index contributed by atoms with van der Waals surface area (Å²) in [5, 5.41) is 1.28. The molecule has 0 saturated carbocycles. The van der Waals surface area contributed by atoms with Crippen molar-refractivity contribution in [3.63, 3.8) is 0 Å². The molecular weight excluding hydrogens is 192 g/mol. The molecule has 2 nitrogen and oxygen atoms in total. The minimum absolute atomic E-state index is 0.730. The van der Waals surface area contributed by atoms with Crippen LogP contribution in [0, 0.1) is 0 Å². The molecule has 2 rings (SSSR count). The summed E-state index contributed by atoms with van der Waals surface area (Å²) in [5.74, 6) is 0.730. The standard InChI is InChI=1S/C11H14N2S/c1-12-7-11(13(2)8-14)9-5-3-4-6-10(9)12/h3-7,14H,8H2,1-2H3. The second kappa shape index (κ2) is 3.58. The minimum atomic E-state index is 0.730. The smallest absolute Gasteiger partial charge is 0.0630 e. The maximum absolute atomic E-state index is 4.28. The van der Waals surface area contributed by atoms with E-state index < -0.39 is 0 Å². The third-order valence-corrected chi connectivity index (χ3v) is 2.92. The Balaban J connectivity index is 2.66. The van der Waals surface area contributed by atoms with Crippen molar-refractivity contribution in [2.24, 2.45) is 7.05 Å². The molecule has 1 aromatic heterocycles. The van der Waals surface area contributed by atoms with E-state index in [-0.39, 0.29) is 0 Å². The van der Waals surface area contributed by atoms with Crippen molar-refractivity contribution in [3.8, 4) is 0 Å². The van der Waals surface area contributed by atoms with E-state index >= 15 is 0 Å². The van der Waals surface area contributed by atoms with Gasteiger partial charge in [0.15, 0.2) is 0 Å². The fourth-order valence-electron chi connectivity index (χ4n) is 1.70. The van der Waals surface area contributed by atoms with E-state index in [4.69, 9.17) is 0 Å². The van der Waals surface area contributed by atoms with Crippen LogP contribution < -0.4 is 4.90 Å². The van der Waals surface area contributed by atoms with Gasteiger partial charge in [0.05, 0.1) is 11.6 Å². The number of fused-ring (bicyclic) bond motifs is 1. The molecule has 74 valence electrons. The number of hydrogen-bond donors (Lipinski definition) is 1. The molecule has 3 heteroatoms. The molecule has 14 heavy (non-hydrogen) atoms. The zero-order valence-corrected chi connectivity index (χ0v) is 9.33. The highest BCUT2D eigenvalue weighted by atomic mass is 32.1. The lowest BCUT2D eigenvalue weighted by atomic mass is 10.2. The SMILES string of the molecule is CN(CS)c1cn(C)c2ccccc12. The number of nitrogens with zero attached hydrogens (tertiary/aromatic N) is 2. The molecule has 0 aliphatic heterocycles. The lowest BCUT2D eigenvalue weighted by Crippen LogP contribution is -2.13. The number of anilines is 1. The molecule has 1 heterocycles. The van der Waals surface area contributed by atoms with Crippen molar-refractivity contribution < 1.29 is 0 Å². The van der Waals surface area contributed by atoms with Gasteiger partial charge < -0.3 is 9.47 Å². The molecule has 0 radical (unpaired) electrons. The molecule has 1 aromatic carbocycles. The average molecular weight is 206 g/mol. The number of thiol groups is 1. The van der Waals surface area contributed by atoms with Crippen LogP contribution in [0.4, 0.5) is 5.69 Å². The van der Waals surface area contributed by atoms with Gasteiger partial charge in [-0.05, 0) is 6.07 Å². The third-order valence-electron chi connectivity index (χ3n) is 2.50. The summed E-state index contributed by atoms with van der Waals surface area (Å²) in [6.07, 6.45) is 2.14. The van der Waals surface area contributed by atoms with Gasteiger partial charge in [0.25, 0.3) is 0 Å². The molecule has 0 unspecified atom stereocenters.